The largest absolute Gasteiger partial charge is 0.256 e. The van der Waals surface area contributed by atoms with E-state index in [-0.39, 0.29) is 11.6 Å². The molecule has 1 atom stereocenters. The van der Waals surface area contributed by atoms with Crippen molar-refractivity contribution in [1.82, 2.24) is 0 Å². The SMILES string of the molecule is CCC(C)CCC(C)(C)C1N=c2ccccc2=N1. The Kier molecular flexibility index (Phi) is 3.84. The van der Waals surface area contributed by atoms with Gasteiger partial charge in [-0.1, -0.05) is 52.7 Å². The van der Waals surface area contributed by atoms with Crippen molar-refractivity contribution in [3.8, 4) is 0 Å². The number of nitrogens with zero attached hydrogens (tertiary/aromatic N) is 2. The molecule has 1 aromatic carbocycles. The van der Waals surface area contributed by atoms with Gasteiger partial charge < -0.3 is 0 Å². The van der Waals surface area contributed by atoms with Gasteiger partial charge >= 0.3 is 0 Å². The minimum Gasteiger partial charge on any atom is -0.256 e. The minimum atomic E-state index is 0.0963. The van der Waals surface area contributed by atoms with Crippen LogP contribution in [0.2, 0.25) is 0 Å². The Bertz CT molecular complexity index is 481. The van der Waals surface area contributed by atoms with E-state index in [9.17, 15) is 0 Å². The number of fused-ring (bicyclic) bond motifs is 1. The standard InChI is InChI=1S/C16H24N2/c1-5-12(2)10-11-16(3,4)15-17-13-8-6-7-9-14(13)18-15/h6-9,12,15H,5,10-11H2,1-4H3. The van der Waals surface area contributed by atoms with Gasteiger partial charge in [-0.15, -0.1) is 0 Å². The lowest BCUT2D eigenvalue weighted by molar-refractivity contribution is 0.244. The highest BCUT2D eigenvalue weighted by atomic mass is 15.1. The number of para-hydroxylation sites is 2. The average molecular weight is 244 g/mol. The molecule has 1 aliphatic heterocycles. The minimum absolute atomic E-state index is 0.0963. The molecular formula is C16H24N2. The second-order valence-corrected chi connectivity index (χ2v) is 6.16. The summed E-state index contributed by atoms with van der Waals surface area (Å²) in [6.07, 6.45) is 3.81. The Morgan fingerprint density at radius 3 is 2.22 bits per heavy atom. The van der Waals surface area contributed by atoms with E-state index in [2.05, 4.69) is 39.8 Å². The molecule has 2 rings (SSSR count). The topological polar surface area (TPSA) is 24.7 Å². The fourth-order valence-electron chi connectivity index (χ4n) is 2.28. The van der Waals surface area contributed by atoms with E-state index in [1.165, 1.54) is 19.3 Å². The van der Waals surface area contributed by atoms with Crippen LogP contribution in [0.5, 0.6) is 0 Å². The fourth-order valence-corrected chi connectivity index (χ4v) is 2.28. The lowest BCUT2D eigenvalue weighted by Crippen LogP contribution is -2.26. The first-order valence-corrected chi connectivity index (χ1v) is 7.03. The Morgan fingerprint density at radius 1 is 1.17 bits per heavy atom. The third-order valence-corrected chi connectivity index (χ3v) is 4.08. The predicted octanol–water partition coefficient (Wildman–Crippen LogP) is 3.12. The molecule has 0 saturated heterocycles. The summed E-state index contributed by atoms with van der Waals surface area (Å²) in [6.45, 7) is 9.17. The molecule has 0 fully saturated rings. The smallest absolute Gasteiger partial charge is 0.146 e. The van der Waals surface area contributed by atoms with E-state index in [1.807, 2.05) is 12.1 Å². The highest BCUT2D eigenvalue weighted by Crippen LogP contribution is 2.32. The zero-order chi connectivity index (χ0) is 13.2. The quantitative estimate of drug-likeness (QED) is 0.760. The lowest BCUT2D eigenvalue weighted by atomic mass is 9.82. The van der Waals surface area contributed by atoms with Crippen LogP contribution in [0.4, 0.5) is 0 Å². The summed E-state index contributed by atoms with van der Waals surface area (Å²) >= 11 is 0. The summed E-state index contributed by atoms with van der Waals surface area (Å²) in [6, 6.07) is 8.19. The molecule has 0 radical (unpaired) electrons. The first-order chi connectivity index (χ1) is 8.53. The first-order valence-electron chi connectivity index (χ1n) is 7.03. The molecule has 18 heavy (non-hydrogen) atoms. The molecule has 2 heteroatoms. The first kappa shape index (κ1) is 13.3. The third kappa shape index (κ3) is 2.80. The van der Waals surface area contributed by atoms with Crippen LogP contribution in [0, 0.1) is 11.3 Å². The molecule has 0 spiro atoms. The summed E-state index contributed by atoms with van der Waals surface area (Å²) in [5, 5.41) is 2.11. The van der Waals surface area contributed by atoms with Crippen LogP contribution >= 0.6 is 0 Å². The summed E-state index contributed by atoms with van der Waals surface area (Å²) in [7, 11) is 0. The van der Waals surface area contributed by atoms with E-state index >= 15 is 0 Å². The molecule has 0 saturated carbocycles. The maximum Gasteiger partial charge on any atom is 0.146 e. The molecule has 98 valence electrons. The Labute approximate surface area is 110 Å². The van der Waals surface area contributed by atoms with Crippen LogP contribution in [-0.4, -0.2) is 6.17 Å². The van der Waals surface area contributed by atoms with Gasteiger partial charge in [-0.2, -0.15) is 0 Å². The van der Waals surface area contributed by atoms with E-state index in [0.717, 1.165) is 16.6 Å². The summed E-state index contributed by atoms with van der Waals surface area (Å²) in [5.74, 6) is 0.799. The van der Waals surface area contributed by atoms with Crippen LogP contribution in [-0.2, 0) is 0 Å². The molecule has 1 heterocycles. The van der Waals surface area contributed by atoms with Crippen molar-refractivity contribution in [3.05, 3.63) is 35.0 Å². The van der Waals surface area contributed by atoms with Crippen LogP contribution in [0.1, 0.15) is 47.0 Å². The molecule has 0 aromatic heterocycles. The molecule has 0 aliphatic carbocycles. The third-order valence-electron chi connectivity index (χ3n) is 4.08. The van der Waals surface area contributed by atoms with Gasteiger partial charge in [0.2, 0.25) is 0 Å². The van der Waals surface area contributed by atoms with E-state index in [0.29, 0.717) is 0 Å². The van der Waals surface area contributed by atoms with E-state index in [4.69, 9.17) is 9.98 Å². The molecule has 1 unspecified atom stereocenters. The van der Waals surface area contributed by atoms with Crippen LogP contribution < -0.4 is 10.7 Å². The van der Waals surface area contributed by atoms with Crippen molar-refractivity contribution in [2.75, 3.05) is 0 Å². The second kappa shape index (κ2) is 5.21. The van der Waals surface area contributed by atoms with Crippen molar-refractivity contribution in [2.24, 2.45) is 21.3 Å². The fraction of sp³-hybridized carbons (Fsp3) is 0.625. The Morgan fingerprint density at radius 2 is 1.72 bits per heavy atom. The van der Waals surface area contributed by atoms with Gasteiger partial charge in [-0.3, -0.25) is 9.98 Å². The normalized spacial score (nSPS) is 16.9. The van der Waals surface area contributed by atoms with Crippen LogP contribution in [0.25, 0.3) is 0 Å². The molecule has 2 nitrogen and oxygen atoms in total. The lowest BCUT2D eigenvalue weighted by Gasteiger charge is -2.28. The van der Waals surface area contributed by atoms with Gasteiger partial charge in [0.05, 0.1) is 10.7 Å². The number of rotatable bonds is 5. The number of benzene rings is 1. The van der Waals surface area contributed by atoms with E-state index in [1.54, 1.807) is 0 Å². The highest BCUT2D eigenvalue weighted by molar-refractivity contribution is 5.05. The van der Waals surface area contributed by atoms with Gasteiger partial charge in [0.1, 0.15) is 6.17 Å². The van der Waals surface area contributed by atoms with Crippen molar-refractivity contribution in [3.63, 3.8) is 0 Å². The summed E-state index contributed by atoms with van der Waals surface area (Å²) in [4.78, 5) is 9.52. The second-order valence-electron chi connectivity index (χ2n) is 6.16. The van der Waals surface area contributed by atoms with Gasteiger partial charge in [0, 0.05) is 5.41 Å². The van der Waals surface area contributed by atoms with Crippen LogP contribution in [0.15, 0.2) is 34.3 Å². The maximum absolute atomic E-state index is 4.76. The van der Waals surface area contributed by atoms with Crippen molar-refractivity contribution in [1.29, 1.82) is 0 Å². The maximum atomic E-state index is 4.76. The monoisotopic (exact) mass is 244 g/mol. The van der Waals surface area contributed by atoms with Crippen molar-refractivity contribution >= 4 is 0 Å². The Balaban J connectivity index is 2.11. The molecule has 0 N–H and O–H groups in total. The average Bonchev–Trinajstić information content (AvgIpc) is 2.80. The number of hydrogen-bond acceptors (Lipinski definition) is 2. The van der Waals surface area contributed by atoms with Gasteiger partial charge in [0.15, 0.2) is 0 Å². The van der Waals surface area contributed by atoms with Crippen LogP contribution in [0.3, 0.4) is 0 Å². The molecule has 1 aliphatic rings. The summed E-state index contributed by atoms with van der Waals surface area (Å²) < 4.78 is 0. The van der Waals surface area contributed by atoms with E-state index < -0.39 is 0 Å². The van der Waals surface area contributed by atoms with Crippen molar-refractivity contribution in [2.45, 2.75) is 53.1 Å². The highest BCUT2D eigenvalue weighted by Gasteiger charge is 2.30. The van der Waals surface area contributed by atoms with Gasteiger partial charge in [0.25, 0.3) is 0 Å². The zero-order valence-corrected chi connectivity index (χ0v) is 12.0. The van der Waals surface area contributed by atoms with Gasteiger partial charge in [-0.25, -0.2) is 0 Å². The molecular weight excluding hydrogens is 220 g/mol. The molecule has 1 aromatic rings. The predicted molar refractivity (Wildman–Crippen MR) is 75.0 cm³/mol. The summed E-state index contributed by atoms with van der Waals surface area (Å²) in [5.41, 5.74) is 0.155. The molecule has 0 bridgehead atoms. The Hall–Kier alpha value is -1.18. The van der Waals surface area contributed by atoms with Gasteiger partial charge in [-0.05, 0) is 24.5 Å². The van der Waals surface area contributed by atoms with Crippen molar-refractivity contribution < 1.29 is 0 Å². The number of hydrogen-bond donors (Lipinski definition) is 0. The molecule has 0 amide bonds. The zero-order valence-electron chi connectivity index (χ0n) is 12.0.